The quantitative estimate of drug-likeness (QED) is 0.335. The lowest BCUT2D eigenvalue weighted by molar-refractivity contribution is -0.155. The maximum Gasteiger partial charge on any atom is 0.334 e. The molecule has 2 unspecified atom stereocenters. The number of allylic oxidation sites excluding steroid dienone is 1. The summed E-state index contributed by atoms with van der Waals surface area (Å²) >= 11 is 0. The van der Waals surface area contributed by atoms with Crippen LogP contribution in [0.5, 0.6) is 0 Å². The molecule has 43 heavy (non-hydrogen) atoms. The molecule has 0 aromatic heterocycles. The summed E-state index contributed by atoms with van der Waals surface area (Å²) in [4.78, 5) is 73.1. The van der Waals surface area contributed by atoms with Crippen LogP contribution in [0.15, 0.2) is 59.7 Å². The highest BCUT2D eigenvalue weighted by atomic mass is 16.5. The van der Waals surface area contributed by atoms with Crippen LogP contribution in [0, 0.1) is 35.0 Å². The Morgan fingerprint density at radius 3 is 1.47 bits per heavy atom. The molecule has 0 N–H and O–H groups in total. The van der Waals surface area contributed by atoms with E-state index in [-0.39, 0.29) is 24.0 Å². The molecule has 8 nitrogen and oxygen atoms in total. The van der Waals surface area contributed by atoms with Gasteiger partial charge >= 0.3 is 5.97 Å². The number of anilines is 2. The Balaban J connectivity index is 1.49. The average molecular weight is 583 g/mol. The first-order valence-corrected chi connectivity index (χ1v) is 15.2. The Labute approximate surface area is 252 Å². The predicted molar refractivity (Wildman–Crippen MR) is 161 cm³/mol. The Morgan fingerprint density at radius 2 is 1.12 bits per heavy atom. The van der Waals surface area contributed by atoms with Crippen molar-refractivity contribution in [2.45, 2.75) is 60.3 Å². The number of carbonyl (C=O) groups is 5. The van der Waals surface area contributed by atoms with Crippen molar-refractivity contribution in [3.63, 3.8) is 0 Å². The number of esters is 1. The van der Waals surface area contributed by atoms with Gasteiger partial charge in [0.1, 0.15) is 0 Å². The molecule has 2 aliphatic heterocycles. The zero-order chi connectivity index (χ0) is 31.1. The van der Waals surface area contributed by atoms with E-state index in [9.17, 15) is 24.0 Å². The minimum Gasteiger partial charge on any atom is -0.463 e. The Hall–Kier alpha value is -4.07. The molecule has 3 fully saturated rings. The van der Waals surface area contributed by atoms with Crippen LogP contribution in [0.25, 0.3) is 0 Å². The van der Waals surface area contributed by atoms with Crippen LogP contribution in [0.1, 0.15) is 71.4 Å². The minimum absolute atomic E-state index is 0.112. The highest BCUT2D eigenvalue weighted by Crippen LogP contribution is 2.68. The maximum absolute atomic E-state index is 14.3. The van der Waals surface area contributed by atoms with E-state index >= 15 is 0 Å². The summed E-state index contributed by atoms with van der Waals surface area (Å²) in [6, 6.07) is 14.6. The third-order valence-electron chi connectivity index (χ3n) is 10.3. The molecule has 8 heteroatoms. The van der Waals surface area contributed by atoms with Crippen molar-refractivity contribution in [2.75, 3.05) is 16.4 Å². The molecule has 224 valence electrons. The molecule has 6 atom stereocenters. The van der Waals surface area contributed by atoms with Gasteiger partial charge in [0.2, 0.25) is 23.6 Å². The van der Waals surface area contributed by atoms with Crippen molar-refractivity contribution in [1.29, 1.82) is 0 Å². The SMILES string of the molecule is CCOC(=O)C1=C(C)C2[C@H]3C(=O)N(c4ccc(C(C)C)cc4)C(=O)[C@H]3C1(C)[C@H]1C(=O)N(c3ccc(C(C)C)cc3)C(=O)[C@H]21. The number of benzene rings is 2. The molecule has 2 aromatic carbocycles. The van der Waals surface area contributed by atoms with Gasteiger partial charge in [-0.05, 0) is 61.1 Å². The molecule has 0 spiro atoms. The van der Waals surface area contributed by atoms with E-state index in [1.807, 2.05) is 24.3 Å². The standard InChI is InChI=1S/C35H38N2O6/c1-8-43-34(42)27-19(6)24-25-28(32(40)36(30(25)38)22-13-9-20(10-14-22)17(2)3)35(27,7)29-26(24)31(39)37(33(29)41)23-15-11-21(12-16-23)18(4)5/h9-18,24-26,28-29H,8H2,1-7H3/t24?,25-,26-,28-,29+,35?/m1/s1. The summed E-state index contributed by atoms with van der Waals surface area (Å²) < 4.78 is 5.47. The smallest absolute Gasteiger partial charge is 0.334 e. The molecule has 1 saturated carbocycles. The van der Waals surface area contributed by atoms with Crippen molar-refractivity contribution < 1.29 is 28.7 Å². The Bertz CT molecular complexity index is 1490. The lowest BCUT2D eigenvalue weighted by Gasteiger charge is -2.55. The number of ether oxygens (including phenoxy) is 1. The van der Waals surface area contributed by atoms with Crippen LogP contribution < -0.4 is 9.80 Å². The number of hydrogen-bond donors (Lipinski definition) is 0. The van der Waals surface area contributed by atoms with E-state index in [1.54, 1.807) is 45.0 Å². The zero-order valence-corrected chi connectivity index (χ0v) is 25.7. The van der Waals surface area contributed by atoms with Crippen molar-refractivity contribution in [3.8, 4) is 0 Å². The van der Waals surface area contributed by atoms with E-state index < -0.39 is 64.6 Å². The molecule has 2 aromatic rings. The van der Waals surface area contributed by atoms with Crippen molar-refractivity contribution in [3.05, 3.63) is 70.8 Å². The van der Waals surface area contributed by atoms with Gasteiger partial charge in [0.25, 0.3) is 0 Å². The van der Waals surface area contributed by atoms with Crippen LogP contribution in [0.2, 0.25) is 0 Å². The summed E-state index contributed by atoms with van der Waals surface area (Å²) in [6.07, 6.45) is 0. The molecule has 5 aliphatic rings. The van der Waals surface area contributed by atoms with Crippen LogP contribution in [0.3, 0.4) is 0 Å². The largest absolute Gasteiger partial charge is 0.463 e. The number of imide groups is 2. The molecule has 2 heterocycles. The van der Waals surface area contributed by atoms with Gasteiger partial charge in [0.05, 0.1) is 41.7 Å². The topological polar surface area (TPSA) is 101 Å². The van der Waals surface area contributed by atoms with E-state index in [0.717, 1.165) is 11.1 Å². The second kappa shape index (κ2) is 10.00. The van der Waals surface area contributed by atoms with Gasteiger partial charge in [-0.2, -0.15) is 0 Å². The van der Waals surface area contributed by atoms with Crippen molar-refractivity contribution >= 4 is 41.0 Å². The zero-order valence-electron chi connectivity index (χ0n) is 25.7. The molecule has 2 saturated heterocycles. The fourth-order valence-corrected chi connectivity index (χ4v) is 8.33. The first kappa shape index (κ1) is 29.0. The van der Waals surface area contributed by atoms with E-state index in [0.29, 0.717) is 16.9 Å². The number of carbonyl (C=O) groups excluding carboxylic acids is 5. The van der Waals surface area contributed by atoms with E-state index in [2.05, 4.69) is 27.7 Å². The fraction of sp³-hybridized carbons (Fsp3) is 0.457. The van der Waals surface area contributed by atoms with Crippen molar-refractivity contribution in [1.82, 2.24) is 0 Å². The average Bonchev–Trinajstić information content (AvgIpc) is 3.39. The first-order chi connectivity index (χ1) is 20.4. The second-order valence-electron chi connectivity index (χ2n) is 13.1. The second-order valence-corrected chi connectivity index (χ2v) is 13.1. The van der Waals surface area contributed by atoms with Crippen LogP contribution in [0.4, 0.5) is 11.4 Å². The lowest BCUT2D eigenvalue weighted by atomic mass is 9.43. The summed E-state index contributed by atoms with van der Waals surface area (Å²) in [5.41, 5.74) is 2.42. The summed E-state index contributed by atoms with van der Waals surface area (Å²) in [5, 5.41) is 0. The first-order valence-electron chi connectivity index (χ1n) is 15.2. The number of amides is 4. The lowest BCUT2D eigenvalue weighted by Crippen LogP contribution is -2.61. The highest BCUT2D eigenvalue weighted by Gasteiger charge is 2.77. The van der Waals surface area contributed by atoms with Gasteiger partial charge in [-0.1, -0.05) is 64.5 Å². The normalized spacial score (nSPS) is 29.7. The monoisotopic (exact) mass is 582 g/mol. The van der Waals surface area contributed by atoms with Gasteiger partial charge in [-0.15, -0.1) is 0 Å². The van der Waals surface area contributed by atoms with Gasteiger partial charge < -0.3 is 4.74 Å². The molecule has 7 rings (SSSR count). The molecular weight excluding hydrogens is 544 g/mol. The van der Waals surface area contributed by atoms with Crippen molar-refractivity contribution in [2.24, 2.45) is 35.0 Å². The van der Waals surface area contributed by atoms with Crippen LogP contribution >= 0.6 is 0 Å². The van der Waals surface area contributed by atoms with Crippen LogP contribution in [-0.2, 0) is 28.7 Å². The Morgan fingerprint density at radius 1 is 0.721 bits per heavy atom. The highest BCUT2D eigenvalue weighted by molar-refractivity contribution is 6.27. The molecule has 3 aliphatic carbocycles. The third kappa shape index (κ3) is 3.84. The number of rotatable bonds is 6. The summed E-state index contributed by atoms with van der Waals surface area (Å²) in [6.45, 7) is 13.5. The van der Waals surface area contributed by atoms with E-state index in [1.165, 1.54) is 9.80 Å². The minimum atomic E-state index is -1.42. The maximum atomic E-state index is 14.3. The number of hydrogen-bond acceptors (Lipinski definition) is 6. The van der Waals surface area contributed by atoms with Gasteiger partial charge in [0.15, 0.2) is 0 Å². The third-order valence-corrected chi connectivity index (χ3v) is 10.3. The predicted octanol–water partition coefficient (Wildman–Crippen LogP) is 5.37. The molecule has 0 radical (unpaired) electrons. The van der Waals surface area contributed by atoms with Gasteiger partial charge in [-0.3, -0.25) is 29.0 Å². The van der Waals surface area contributed by atoms with Gasteiger partial charge in [0, 0.05) is 16.9 Å². The van der Waals surface area contributed by atoms with E-state index in [4.69, 9.17) is 4.74 Å². The summed E-state index contributed by atoms with van der Waals surface area (Å²) in [5.74, 6) is -6.27. The number of nitrogens with zero attached hydrogens (tertiary/aromatic N) is 2. The molecule has 4 amide bonds. The summed E-state index contributed by atoms with van der Waals surface area (Å²) in [7, 11) is 0. The molecular formula is C35H38N2O6. The van der Waals surface area contributed by atoms with Crippen LogP contribution in [-0.4, -0.2) is 36.2 Å². The fourth-order valence-electron chi connectivity index (χ4n) is 8.33. The molecule has 2 bridgehead atoms. The Kier molecular flexibility index (Phi) is 6.75. The van der Waals surface area contributed by atoms with Gasteiger partial charge in [-0.25, -0.2) is 4.79 Å².